The quantitative estimate of drug-likeness (QED) is 0.875. The van der Waals surface area contributed by atoms with E-state index in [2.05, 4.69) is 13.8 Å². The Hall–Kier alpha value is -2.36. The largest absolute Gasteiger partial charge is 0.369 e. The van der Waals surface area contributed by atoms with Crippen LogP contribution >= 0.6 is 0 Å². The van der Waals surface area contributed by atoms with Crippen molar-refractivity contribution in [2.75, 3.05) is 0 Å². The minimum atomic E-state index is -0.797. The van der Waals surface area contributed by atoms with E-state index in [1.165, 1.54) is 0 Å². The van der Waals surface area contributed by atoms with Crippen LogP contribution in [-0.2, 0) is 4.79 Å². The van der Waals surface area contributed by atoms with Crippen LogP contribution in [0.2, 0.25) is 0 Å². The van der Waals surface area contributed by atoms with E-state index in [-0.39, 0.29) is 5.91 Å². The normalized spacial score (nSPS) is 20.8. The lowest BCUT2D eigenvalue weighted by Crippen LogP contribution is -2.40. The second-order valence-corrected chi connectivity index (χ2v) is 6.17. The molecule has 0 heterocycles. The van der Waals surface area contributed by atoms with E-state index in [0.29, 0.717) is 29.9 Å². The Balaban J connectivity index is 2.64. The number of nitrogens with two attached hydrogens (primary N) is 2. The average Bonchev–Trinajstić information content (AvgIpc) is 2.46. The van der Waals surface area contributed by atoms with E-state index in [9.17, 15) is 9.59 Å². The van der Waals surface area contributed by atoms with Crippen LogP contribution in [0.1, 0.15) is 42.6 Å². The van der Waals surface area contributed by atoms with Crippen LogP contribution in [0.3, 0.4) is 0 Å². The van der Waals surface area contributed by atoms with Gasteiger partial charge < -0.3 is 11.5 Å². The fourth-order valence-corrected chi connectivity index (χ4v) is 3.21. The predicted octanol–water partition coefficient (Wildman–Crippen LogP) is 2.65. The van der Waals surface area contributed by atoms with Crippen molar-refractivity contribution in [3.05, 3.63) is 53.6 Å². The van der Waals surface area contributed by atoms with Gasteiger partial charge in [0.1, 0.15) is 0 Å². The van der Waals surface area contributed by atoms with Gasteiger partial charge in [-0.2, -0.15) is 0 Å². The minimum absolute atomic E-state index is 0.295. The second-order valence-electron chi connectivity index (χ2n) is 6.17. The number of allylic oxidation sites excluding steroid dienone is 3. The highest BCUT2D eigenvalue weighted by Gasteiger charge is 2.42. The Morgan fingerprint density at radius 1 is 1.23 bits per heavy atom. The number of hydrogen-bond donors (Lipinski definition) is 2. The summed E-state index contributed by atoms with van der Waals surface area (Å²) in [5, 5.41) is 0. The Labute approximate surface area is 130 Å². The van der Waals surface area contributed by atoms with Crippen molar-refractivity contribution >= 4 is 17.4 Å². The minimum Gasteiger partial charge on any atom is -0.369 e. The topological polar surface area (TPSA) is 86.2 Å². The monoisotopic (exact) mass is 298 g/mol. The van der Waals surface area contributed by atoms with Gasteiger partial charge in [-0.3, -0.25) is 9.59 Å². The van der Waals surface area contributed by atoms with Gasteiger partial charge in [-0.15, -0.1) is 0 Å². The summed E-state index contributed by atoms with van der Waals surface area (Å²) in [6, 6.07) is 7.10. The molecular weight excluding hydrogens is 276 g/mol. The number of hydrogen-bond acceptors (Lipinski definition) is 2. The molecule has 2 amide bonds. The van der Waals surface area contributed by atoms with Crippen LogP contribution in [0, 0.1) is 11.3 Å². The smallest absolute Gasteiger partial charge is 0.249 e. The molecule has 22 heavy (non-hydrogen) atoms. The van der Waals surface area contributed by atoms with Crippen molar-refractivity contribution in [3.8, 4) is 0 Å². The first-order valence-electron chi connectivity index (χ1n) is 7.45. The van der Waals surface area contributed by atoms with Crippen LogP contribution in [0.4, 0.5) is 0 Å². The third kappa shape index (κ3) is 2.82. The fourth-order valence-electron chi connectivity index (χ4n) is 3.21. The summed E-state index contributed by atoms with van der Waals surface area (Å²) in [6.45, 7) is 4.11. The number of rotatable bonds is 5. The zero-order valence-electron chi connectivity index (χ0n) is 13.0. The van der Waals surface area contributed by atoms with Crippen LogP contribution in [0.5, 0.6) is 0 Å². The van der Waals surface area contributed by atoms with E-state index >= 15 is 0 Å². The van der Waals surface area contributed by atoms with Crippen LogP contribution in [0.25, 0.3) is 5.57 Å². The molecule has 1 unspecified atom stereocenters. The maximum Gasteiger partial charge on any atom is 0.249 e. The maximum atomic E-state index is 12.3. The Morgan fingerprint density at radius 2 is 1.91 bits per heavy atom. The highest BCUT2D eigenvalue weighted by Crippen LogP contribution is 2.46. The van der Waals surface area contributed by atoms with Gasteiger partial charge in [0.2, 0.25) is 11.8 Å². The molecule has 1 aliphatic rings. The molecule has 1 aliphatic carbocycles. The molecule has 1 aromatic carbocycles. The number of amides is 2. The van der Waals surface area contributed by atoms with Gasteiger partial charge in [0.15, 0.2) is 0 Å². The molecule has 0 saturated heterocycles. The highest BCUT2D eigenvalue weighted by molar-refractivity contribution is 6.03. The van der Waals surface area contributed by atoms with Crippen molar-refractivity contribution in [2.45, 2.75) is 26.7 Å². The molecule has 2 rings (SSSR count). The molecule has 0 fully saturated rings. The Morgan fingerprint density at radius 3 is 2.50 bits per heavy atom. The summed E-state index contributed by atoms with van der Waals surface area (Å²) < 4.78 is 0. The summed E-state index contributed by atoms with van der Waals surface area (Å²) in [5.74, 6) is -0.576. The van der Waals surface area contributed by atoms with Crippen molar-refractivity contribution in [3.63, 3.8) is 0 Å². The van der Waals surface area contributed by atoms with Crippen LogP contribution < -0.4 is 11.5 Å². The molecule has 1 atom stereocenters. The van der Waals surface area contributed by atoms with Gasteiger partial charge in [0.25, 0.3) is 0 Å². The highest BCUT2D eigenvalue weighted by atomic mass is 16.1. The Bertz CT molecular complexity index is 659. The third-order valence-electron chi connectivity index (χ3n) is 4.09. The molecule has 0 spiro atoms. The zero-order chi connectivity index (χ0) is 16.3. The molecule has 4 N–H and O–H groups in total. The zero-order valence-corrected chi connectivity index (χ0v) is 13.0. The Kier molecular flexibility index (Phi) is 4.50. The molecule has 1 aromatic rings. The first-order valence-corrected chi connectivity index (χ1v) is 7.45. The van der Waals surface area contributed by atoms with Crippen molar-refractivity contribution < 1.29 is 9.59 Å². The maximum absolute atomic E-state index is 12.3. The van der Waals surface area contributed by atoms with E-state index in [0.717, 1.165) is 5.57 Å². The second kappa shape index (κ2) is 6.18. The molecule has 0 bridgehead atoms. The SMILES string of the molecule is CC(C)CC1(C(N)=O)CC=CC=C1c1ccccc1C(N)=O. The van der Waals surface area contributed by atoms with Crippen molar-refractivity contribution in [2.24, 2.45) is 22.8 Å². The van der Waals surface area contributed by atoms with Gasteiger partial charge in [-0.05, 0) is 36.0 Å². The molecule has 0 aromatic heterocycles. The molecule has 116 valence electrons. The number of carbonyl (C=O) groups excluding carboxylic acids is 2. The molecule has 0 saturated carbocycles. The summed E-state index contributed by atoms with van der Waals surface area (Å²) in [7, 11) is 0. The lowest BCUT2D eigenvalue weighted by atomic mass is 9.66. The molecule has 4 nitrogen and oxygen atoms in total. The molecule has 0 radical (unpaired) electrons. The summed E-state index contributed by atoms with van der Waals surface area (Å²) in [6.07, 6.45) is 6.89. The number of carbonyl (C=O) groups is 2. The van der Waals surface area contributed by atoms with E-state index in [1.54, 1.807) is 12.1 Å². The van der Waals surface area contributed by atoms with Crippen LogP contribution in [0.15, 0.2) is 42.5 Å². The first-order chi connectivity index (χ1) is 10.4. The standard InChI is InChI=1S/C18H22N2O2/c1-12(2)11-18(17(20)22)10-6-5-9-15(18)13-7-3-4-8-14(13)16(19)21/h3-9,12H,10-11H2,1-2H3,(H2,19,21)(H2,20,22). The predicted molar refractivity (Wildman–Crippen MR) is 87.8 cm³/mol. The van der Waals surface area contributed by atoms with Gasteiger partial charge in [0, 0.05) is 5.56 Å². The van der Waals surface area contributed by atoms with E-state index < -0.39 is 11.3 Å². The number of benzene rings is 1. The van der Waals surface area contributed by atoms with Crippen molar-refractivity contribution in [1.82, 2.24) is 0 Å². The first kappa shape index (κ1) is 16.0. The van der Waals surface area contributed by atoms with E-state index in [4.69, 9.17) is 11.5 Å². The lowest BCUT2D eigenvalue weighted by Gasteiger charge is -2.36. The third-order valence-corrected chi connectivity index (χ3v) is 4.09. The van der Waals surface area contributed by atoms with Gasteiger partial charge >= 0.3 is 0 Å². The molecule has 4 heteroatoms. The molecular formula is C18H22N2O2. The van der Waals surface area contributed by atoms with E-state index in [1.807, 2.05) is 30.4 Å². The van der Waals surface area contributed by atoms with Crippen molar-refractivity contribution in [1.29, 1.82) is 0 Å². The van der Waals surface area contributed by atoms with Gasteiger partial charge in [0.05, 0.1) is 5.41 Å². The van der Waals surface area contributed by atoms with Crippen LogP contribution in [-0.4, -0.2) is 11.8 Å². The fraction of sp³-hybridized carbons (Fsp3) is 0.333. The number of primary amides is 2. The summed E-state index contributed by atoms with van der Waals surface area (Å²) in [5.41, 5.74) is 12.4. The average molecular weight is 298 g/mol. The molecule has 0 aliphatic heterocycles. The lowest BCUT2D eigenvalue weighted by molar-refractivity contribution is -0.125. The summed E-state index contributed by atoms with van der Waals surface area (Å²) >= 11 is 0. The summed E-state index contributed by atoms with van der Waals surface area (Å²) in [4.78, 5) is 24.0. The van der Waals surface area contributed by atoms with Gasteiger partial charge in [-0.1, -0.05) is 50.3 Å². The van der Waals surface area contributed by atoms with Gasteiger partial charge in [-0.25, -0.2) is 0 Å².